The number of rotatable bonds is 1. The van der Waals surface area contributed by atoms with Crippen LogP contribution >= 0.6 is 0 Å². The molecule has 26 heavy (non-hydrogen) atoms. The lowest BCUT2D eigenvalue weighted by Gasteiger charge is -2.05. The maximum absolute atomic E-state index is 7.60. The van der Waals surface area contributed by atoms with Gasteiger partial charge in [-0.05, 0) is 42.2 Å². The molecule has 3 heteroatoms. The van der Waals surface area contributed by atoms with Crippen LogP contribution in [0.1, 0.15) is 15.4 Å². The third kappa shape index (κ3) is 2.14. The van der Waals surface area contributed by atoms with Gasteiger partial charge in [0, 0.05) is 14.9 Å². The number of aryl methyl sites for hydroxylation is 3. The van der Waals surface area contributed by atoms with E-state index in [0.29, 0.717) is 0 Å². The maximum atomic E-state index is 7.60. The van der Waals surface area contributed by atoms with E-state index in [4.69, 9.17) is 8.53 Å². The summed E-state index contributed by atoms with van der Waals surface area (Å²) in [5.74, 6) is 0. The molecule has 0 atom stereocenters. The second kappa shape index (κ2) is 5.40. The molecule has 2 aromatic heterocycles. The Kier molecular flexibility index (Phi) is 2.53. The van der Waals surface area contributed by atoms with Crippen molar-refractivity contribution in [2.45, 2.75) is 13.8 Å². The van der Waals surface area contributed by atoms with E-state index in [2.05, 4.69) is 41.4 Å². The highest BCUT2D eigenvalue weighted by atomic mass is 16.3. The lowest BCUT2D eigenvalue weighted by atomic mass is 10.0. The molecule has 0 spiro atoms. The summed E-state index contributed by atoms with van der Waals surface area (Å²) >= 11 is 0. The predicted molar refractivity (Wildman–Crippen MR) is 105 cm³/mol. The van der Waals surface area contributed by atoms with E-state index in [1.54, 1.807) is 17.0 Å². The molecule has 0 fully saturated rings. The Hall–Kier alpha value is -3.20. The summed E-state index contributed by atoms with van der Waals surface area (Å²) in [4.78, 5) is 4.21. The number of furan rings is 1. The van der Waals surface area contributed by atoms with Gasteiger partial charge in [0.25, 0.3) is 0 Å². The SMILES string of the molecule is [2H]C([2H])([2H])c1c[n+](C)c(-c2c(C)ccc3c2oc2cc4ccccc4cc23)cn1. The van der Waals surface area contributed by atoms with Crippen LogP contribution in [0.4, 0.5) is 0 Å². The predicted octanol–water partition coefficient (Wildman–Crippen LogP) is 5.24. The fourth-order valence-corrected chi connectivity index (χ4v) is 3.69. The zero-order chi connectivity index (χ0) is 20.3. The second-order valence-electron chi connectivity index (χ2n) is 6.70. The molecule has 0 aliphatic rings. The third-order valence-electron chi connectivity index (χ3n) is 4.99. The zero-order valence-electron chi connectivity index (χ0n) is 17.6. The summed E-state index contributed by atoms with van der Waals surface area (Å²) in [6.07, 6.45) is 3.19. The number of nitrogens with zero attached hydrogens (tertiary/aromatic N) is 2. The molecule has 0 aliphatic carbocycles. The number of hydrogen-bond acceptors (Lipinski definition) is 2. The average molecular weight is 342 g/mol. The largest absolute Gasteiger partial charge is 0.455 e. The van der Waals surface area contributed by atoms with Crippen LogP contribution in [0.2, 0.25) is 0 Å². The van der Waals surface area contributed by atoms with Gasteiger partial charge in [-0.2, -0.15) is 4.57 Å². The summed E-state index contributed by atoms with van der Waals surface area (Å²) in [5.41, 5.74) is 4.47. The van der Waals surface area contributed by atoms with Crippen LogP contribution in [0.5, 0.6) is 0 Å². The molecule has 2 heterocycles. The fraction of sp³-hybridized carbons (Fsp3) is 0.130. The maximum Gasteiger partial charge on any atom is 0.234 e. The molecule has 0 radical (unpaired) electrons. The minimum absolute atomic E-state index is 0.0735. The van der Waals surface area contributed by atoms with Crippen molar-refractivity contribution in [2.75, 3.05) is 0 Å². The monoisotopic (exact) mass is 342 g/mol. The van der Waals surface area contributed by atoms with Gasteiger partial charge >= 0.3 is 0 Å². The molecule has 3 nitrogen and oxygen atoms in total. The summed E-state index contributed by atoms with van der Waals surface area (Å²) in [6.45, 7) is -0.215. The standard InChI is InChI=1S/C23H19N2O/c1-14-8-9-18-19-10-16-6-4-5-7-17(16)11-21(19)26-23(18)22(14)20-12-24-15(2)13-25(20)3/h4-13H,1-3H3/q+1/i2D3. The van der Waals surface area contributed by atoms with Crippen molar-refractivity contribution in [1.29, 1.82) is 0 Å². The first kappa shape index (κ1) is 12.2. The minimum Gasteiger partial charge on any atom is -0.455 e. The van der Waals surface area contributed by atoms with E-state index in [1.807, 2.05) is 26.1 Å². The highest BCUT2D eigenvalue weighted by Gasteiger charge is 2.21. The molecule has 0 unspecified atom stereocenters. The smallest absolute Gasteiger partial charge is 0.234 e. The zero-order valence-corrected chi connectivity index (χ0v) is 14.6. The van der Waals surface area contributed by atoms with Crippen LogP contribution in [0.3, 0.4) is 0 Å². The topological polar surface area (TPSA) is 29.9 Å². The van der Waals surface area contributed by atoms with E-state index >= 15 is 0 Å². The van der Waals surface area contributed by atoms with Gasteiger partial charge in [-0.1, -0.05) is 36.4 Å². The summed E-state index contributed by atoms with van der Waals surface area (Å²) in [5, 5.41) is 4.39. The van der Waals surface area contributed by atoms with E-state index in [0.717, 1.165) is 44.1 Å². The molecular weight excluding hydrogens is 320 g/mol. The Morgan fingerprint density at radius 2 is 1.85 bits per heavy atom. The van der Waals surface area contributed by atoms with Gasteiger partial charge in [0.1, 0.15) is 23.9 Å². The number of hydrogen-bond donors (Lipinski definition) is 0. The van der Waals surface area contributed by atoms with Crippen molar-refractivity contribution < 1.29 is 13.1 Å². The minimum atomic E-state index is -2.24. The fourth-order valence-electron chi connectivity index (χ4n) is 3.69. The first-order chi connectivity index (χ1) is 13.8. The normalized spacial score (nSPS) is 13.8. The van der Waals surface area contributed by atoms with Crippen LogP contribution in [-0.4, -0.2) is 4.98 Å². The Bertz CT molecular complexity index is 1420. The highest BCUT2D eigenvalue weighted by molar-refractivity contribution is 6.13. The van der Waals surface area contributed by atoms with E-state index < -0.39 is 6.85 Å². The van der Waals surface area contributed by atoms with Crippen LogP contribution in [0.25, 0.3) is 44.0 Å². The van der Waals surface area contributed by atoms with Gasteiger partial charge in [-0.15, -0.1) is 0 Å². The van der Waals surface area contributed by atoms with Crippen LogP contribution in [0, 0.1) is 13.8 Å². The van der Waals surface area contributed by atoms with Crippen molar-refractivity contribution in [2.24, 2.45) is 7.05 Å². The summed E-state index contributed by atoms with van der Waals surface area (Å²) < 4.78 is 30.9. The lowest BCUT2D eigenvalue weighted by Crippen LogP contribution is -2.31. The molecule has 3 aromatic carbocycles. The van der Waals surface area contributed by atoms with Crippen molar-refractivity contribution in [3.05, 3.63) is 72.2 Å². The highest BCUT2D eigenvalue weighted by Crippen LogP contribution is 2.38. The Labute approximate surface area is 155 Å². The molecule has 0 bridgehead atoms. The van der Waals surface area contributed by atoms with Crippen LogP contribution in [-0.2, 0) is 7.05 Å². The Morgan fingerprint density at radius 3 is 2.62 bits per heavy atom. The molecule has 0 amide bonds. The van der Waals surface area contributed by atoms with Gasteiger partial charge in [0.2, 0.25) is 5.69 Å². The van der Waals surface area contributed by atoms with Crippen LogP contribution < -0.4 is 4.57 Å². The third-order valence-corrected chi connectivity index (χ3v) is 4.99. The first-order valence-electron chi connectivity index (χ1n) is 10.0. The molecule has 126 valence electrons. The van der Waals surface area contributed by atoms with E-state index in [1.165, 1.54) is 5.39 Å². The van der Waals surface area contributed by atoms with Gasteiger partial charge in [-0.25, -0.2) is 4.98 Å². The van der Waals surface area contributed by atoms with Crippen LogP contribution in [0.15, 0.2) is 65.3 Å². The van der Waals surface area contributed by atoms with Crippen molar-refractivity contribution in [1.82, 2.24) is 4.98 Å². The molecule has 0 saturated heterocycles. The molecule has 0 saturated carbocycles. The molecule has 0 aliphatic heterocycles. The molecular formula is C23H19N2O+. The van der Waals surface area contributed by atoms with Gasteiger partial charge in [0.05, 0.1) is 11.8 Å². The van der Waals surface area contributed by atoms with E-state index in [-0.39, 0.29) is 5.69 Å². The first-order valence-corrected chi connectivity index (χ1v) is 8.54. The number of aromatic nitrogens is 2. The Balaban J connectivity index is 1.82. The van der Waals surface area contributed by atoms with Crippen molar-refractivity contribution in [3.63, 3.8) is 0 Å². The van der Waals surface area contributed by atoms with Gasteiger partial charge in [-0.3, -0.25) is 0 Å². The van der Waals surface area contributed by atoms with Gasteiger partial charge < -0.3 is 4.42 Å². The number of fused-ring (bicyclic) bond motifs is 4. The molecule has 0 N–H and O–H groups in total. The average Bonchev–Trinajstić information content (AvgIpc) is 3.03. The van der Waals surface area contributed by atoms with Gasteiger partial charge in [0.15, 0.2) is 6.20 Å². The summed E-state index contributed by atoms with van der Waals surface area (Å²) in [6, 6.07) is 16.6. The molecule has 5 aromatic rings. The van der Waals surface area contributed by atoms with Crippen molar-refractivity contribution >= 4 is 32.7 Å². The lowest BCUT2D eigenvalue weighted by molar-refractivity contribution is -0.661. The Morgan fingerprint density at radius 1 is 1.04 bits per heavy atom. The molecule has 5 rings (SSSR count). The second-order valence-corrected chi connectivity index (χ2v) is 6.70. The van der Waals surface area contributed by atoms with E-state index in [9.17, 15) is 0 Å². The summed E-state index contributed by atoms with van der Waals surface area (Å²) in [7, 11) is 1.83. The quantitative estimate of drug-likeness (QED) is 0.390. The number of benzene rings is 3. The van der Waals surface area contributed by atoms with Crippen molar-refractivity contribution in [3.8, 4) is 11.3 Å².